The third-order valence-electron chi connectivity index (χ3n) is 2.44. The highest BCUT2D eigenvalue weighted by Crippen LogP contribution is 2.33. The summed E-state index contributed by atoms with van der Waals surface area (Å²) >= 11 is 17.6. The summed E-state index contributed by atoms with van der Waals surface area (Å²) in [6, 6.07) is 6.39. The average molecular weight is 359 g/mol. The number of amides is 1. The maximum Gasteiger partial charge on any atom is 0.277 e. The summed E-state index contributed by atoms with van der Waals surface area (Å²) in [4.78, 5) is 15.5. The van der Waals surface area contributed by atoms with E-state index < -0.39 is 5.91 Å². The van der Waals surface area contributed by atoms with Crippen LogP contribution in [0.5, 0.6) is 5.75 Å². The first-order valence-corrected chi connectivity index (χ1v) is 7.19. The van der Waals surface area contributed by atoms with E-state index in [-0.39, 0.29) is 22.4 Å². The van der Waals surface area contributed by atoms with Crippen LogP contribution in [0.4, 0.5) is 0 Å². The van der Waals surface area contributed by atoms with Gasteiger partial charge in [-0.25, -0.2) is 5.43 Å². The highest BCUT2D eigenvalue weighted by atomic mass is 35.5. The van der Waals surface area contributed by atoms with Gasteiger partial charge in [-0.15, -0.1) is 0 Å². The zero-order valence-electron chi connectivity index (χ0n) is 11.1. The van der Waals surface area contributed by atoms with E-state index in [2.05, 4.69) is 15.5 Å². The Hall–Kier alpha value is -1.82. The molecule has 0 aliphatic carbocycles. The molecular weight excluding hydrogens is 349 g/mol. The number of pyridine rings is 1. The highest BCUT2D eigenvalue weighted by Gasteiger charge is 2.09. The number of aromatic nitrogens is 1. The van der Waals surface area contributed by atoms with Gasteiger partial charge in [0, 0.05) is 18.5 Å². The number of nitrogens with zero attached hydrogens (tertiary/aromatic N) is 2. The first-order valence-electron chi connectivity index (χ1n) is 6.05. The largest absolute Gasteiger partial charge is 0.482 e. The molecule has 0 spiro atoms. The SMILES string of the molecule is O=C(COc1cc(Cl)c(Cl)cc1Cl)N/N=C\c1ccncc1. The predicted octanol–water partition coefficient (Wildman–Crippen LogP) is 3.57. The molecule has 1 aromatic carbocycles. The van der Waals surface area contributed by atoms with E-state index >= 15 is 0 Å². The average Bonchev–Trinajstić information content (AvgIpc) is 2.50. The summed E-state index contributed by atoms with van der Waals surface area (Å²) < 4.78 is 5.27. The Balaban J connectivity index is 1.86. The predicted molar refractivity (Wildman–Crippen MR) is 86.9 cm³/mol. The molecule has 0 bridgehead atoms. The first-order chi connectivity index (χ1) is 10.6. The van der Waals surface area contributed by atoms with Gasteiger partial charge in [-0.1, -0.05) is 34.8 Å². The lowest BCUT2D eigenvalue weighted by Crippen LogP contribution is -2.24. The van der Waals surface area contributed by atoms with E-state index in [0.29, 0.717) is 5.02 Å². The lowest BCUT2D eigenvalue weighted by atomic mass is 10.3. The second-order valence-electron chi connectivity index (χ2n) is 4.06. The van der Waals surface area contributed by atoms with E-state index in [1.807, 2.05) is 0 Å². The van der Waals surface area contributed by atoms with Crippen LogP contribution >= 0.6 is 34.8 Å². The fourth-order valence-corrected chi connectivity index (χ4v) is 2.01. The Labute approximate surface area is 141 Å². The van der Waals surface area contributed by atoms with Gasteiger partial charge in [0.15, 0.2) is 6.61 Å². The molecule has 1 aromatic heterocycles. The number of hydrogen-bond donors (Lipinski definition) is 1. The molecule has 0 fully saturated rings. The summed E-state index contributed by atoms with van der Waals surface area (Å²) in [7, 11) is 0. The molecule has 8 heteroatoms. The van der Waals surface area contributed by atoms with Gasteiger partial charge in [-0.2, -0.15) is 5.10 Å². The third-order valence-corrected chi connectivity index (χ3v) is 3.46. The normalized spacial score (nSPS) is 10.7. The molecule has 0 aliphatic rings. The second kappa shape index (κ2) is 7.98. The Morgan fingerprint density at radius 2 is 1.86 bits per heavy atom. The number of ether oxygens (including phenoxy) is 1. The quantitative estimate of drug-likeness (QED) is 0.505. The van der Waals surface area contributed by atoms with Crippen LogP contribution in [0.3, 0.4) is 0 Å². The minimum atomic E-state index is -0.438. The minimum Gasteiger partial charge on any atom is -0.482 e. The molecule has 1 amide bonds. The Morgan fingerprint density at radius 1 is 1.18 bits per heavy atom. The van der Waals surface area contributed by atoms with Crippen molar-refractivity contribution in [2.24, 2.45) is 5.10 Å². The zero-order chi connectivity index (χ0) is 15.9. The third kappa shape index (κ3) is 4.87. The molecule has 22 heavy (non-hydrogen) atoms. The monoisotopic (exact) mass is 357 g/mol. The molecule has 0 unspecified atom stereocenters. The standard InChI is InChI=1S/C14H10Cl3N3O2/c15-10-5-12(17)13(6-11(10)16)22-8-14(21)20-19-7-9-1-3-18-4-2-9/h1-7H,8H2,(H,20,21)/b19-7-. The molecule has 1 heterocycles. The van der Waals surface area contributed by atoms with Gasteiger partial charge in [0.1, 0.15) is 5.75 Å². The molecule has 114 valence electrons. The fraction of sp³-hybridized carbons (Fsp3) is 0.0714. The number of carbonyl (C=O) groups is 1. The van der Waals surface area contributed by atoms with Crippen molar-refractivity contribution >= 4 is 46.9 Å². The molecule has 2 rings (SSSR count). The smallest absolute Gasteiger partial charge is 0.277 e. The van der Waals surface area contributed by atoms with Crippen LogP contribution in [0.2, 0.25) is 15.1 Å². The molecule has 0 saturated carbocycles. The van der Waals surface area contributed by atoms with Crippen molar-refractivity contribution in [2.75, 3.05) is 6.61 Å². The molecule has 0 aliphatic heterocycles. The number of benzene rings is 1. The molecule has 1 N–H and O–H groups in total. The zero-order valence-corrected chi connectivity index (χ0v) is 13.4. The summed E-state index contributed by atoms with van der Waals surface area (Å²) in [6.45, 7) is -0.259. The summed E-state index contributed by atoms with van der Waals surface area (Å²) in [5.41, 5.74) is 3.14. The summed E-state index contributed by atoms with van der Waals surface area (Å²) in [6.07, 6.45) is 4.74. The Bertz CT molecular complexity index is 693. The number of carbonyl (C=O) groups excluding carboxylic acids is 1. The van der Waals surface area contributed by atoms with E-state index in [0.717, 1.165) is 5.56 Å². The lowest BCUT2D eigenvalue weighted by molar-refractivity contribution is -0.123. The van der Waals surface area contributed by atoms with Crippen LogP contribution < -0.4 is 10.2 Å². The van der Waals surface area contributed by atoms with Crippen LogP contribution in [0.25, 0.3) is 0 Å². The molecule has 0 saturated heterocycles. The van der Waals surface area contributed by atoms with Crippen molar-refractivity contribution < 1.29 is 9.53 Å². The van der Waals surface area contributed by atoms with Crippen LogP contribution in [-0.2, 0) is 4.79 Å². The highest BCUT2D eigenvalue weighted by molar-refractivity contribution is 6.43. The van der Waals surface area contributed by atoms with Gasteiger partial charge in [0.2, 0.25) is 0 Å². The van der Waals surface area contributed by atoms with Crippen molar-refractivity contribution in [3.8, 4) is 5.75 Å². The number of hydrogen-bond acceptors (Lipinski definition) is 4. The van der Waals surface area contributed by atoms with E-state index in [1.165, 1.54) is 18.3 Å². The van der Waals surface area contributed by atoms with Crippen molar-refractivity contribution in [1.82, 2.24) is 10.4 Å². The van der Waals surface area contributed by atoms with Crippen molar-refractivity contribution in [3.05, 3.63) is 57.3 Å². The van der Waals surface area contributed by atoms with Crippen LogP contribution in [0.15, 0.2) is 41.8 Å². The second-order valence-corrected chi connectivity index (χ2v) is 5.28. The van der Waals surface area contributed by atoms with E-state index in [9.17, 15) is 4.79 Å². The number of halogens is 3. The lowest BCUT2D eigenvalue weighted by Gasteiger charge is -2.08. The Morgan fingerprint density at radius 3 is 2.59 bits per heavy atom. The van der Waals surface area contributed by atoms with Crippen molar-refractivity contribution in [3.63, 3.8) is 0 Å². The number of rotatable bonds is 5. The Kier molecular flexibility index (Phi) is 6.00. The van der Waals surface area contributed by atoms with Crippen molar-refractivity contribution in [2.45, 2.75) is 0 Å². The number of hydrazone groups is 1. The maximum absolute atomic E-state index is 11.6. The molecule has 0 atom stereocenters. The van der Waals surface area contributed by atoms with Crippen molar-refractivity contribution in [1.29, 1.82) is 0 Å². The number of nitrogens with one attached hydrogen (secondary N) is 1. The molecular formula is C14H10Cl3N3O2. The molecule has 2 aromatic rings. The van der Waals surface area contributed by atoms with Gasteiger partial charge in [-0.05, 0) is 23.8 Å². The fourth-order valence-electron chi connectivity index (χ4n) is 1.42. The van der Waals surface area contributed by atoms with Gasteiger partial charge < -0.3 is 4.74 Å². The first kappa shape index (κ1) is 16.5. The molecule has 5 nitrogen and oxygen atoms in total. The van der Waals surface area contributed by atoms with E-state index in [4.69, 9.17) is 39.5 Å². The van der Waals surface area contributed by atoms with Crippen LogP contribution in [-0.4, -0.2) is 23.7 Å². The maximum atomic E-state index is 11.6. The van der Waals surface area contributed by atoms with E-state index in [1.54, 1.807) is 24.5 Å². The summed E-state index contributed by atoms with van der Waals surface area (Å²) in [5, 5.41) is 4.66. The van der Waals surface area contributed by atoms with Gasteiger partial charge in [-0.3, -0.25) is 9.78 Å². The topological polar surface area (TPSA) is 63.6 Å². The molecule has 0 radical (unpaired) electrons. The van der Waals surface area contributed by atoms with Gasteiger partial charge >= 0.3 is 0 Å². The van der Waals surface area contributed by atoms with Crippen LogP contribution in [0, 0.1) is 0 Å². The van der Waals surface area contributed by atoms with Crippen LogP contribution in [0.1, 0.15) is 5.56 Å². The summed E-state index contributed by atoms with van der Waals surface area (Å²) in [5.74, 6) is -0.170. The van der Waals surface area contributed by atoms with Gasteiger partial charge in [0.25, 0.3) is 5.91 Å². The minimum absolute atomic E-state index is 0.259. The van der Waals surface area contributed by atoms with Gasteiger partial charge in [0.05, 0.1) is 21.3 Å².